The maximum absolute atomic E-state index is 12.7. The van der Waals surface area contributed by atoms with E-state index in [1.807, 2.05) is 0 Å². The average Bonchev–Trinajstić information content (AvgIpc) is 2.55. The molecule has 19 heavy (non-hydrogen) atoms. The van der Waals surface area contributed by atoms with Crippen molar-refractivity contribution in [2.75, 3.05) is 18.5 Å². The molecule has 0 aliphatic carbocycles. The summed E-state index contributed by atoms with van der Waals surface area (Å²) in [6.07, 6.45) is -1.67. The molecule has 2 nitrogen and oxygen atoms in total. The maximum Gasteiger partial charge on any atom is 0.416 e. The van der Waals surface area contributed by atoms with E-state index in [2.05, 4.69) is 21.2 Å². The van der Waals surface area contributed by atoms with Crippen molar-refractivity contribution < 1.29 is 17.9 Å². The quantitative estimate of drug-likeness (QED) is 0.860. The number of rotatable bonds is 2. The van der Waals surface area contributed by atoms with Gasteiger partial charge in [0.05, 0.1) is 5.56 Å². The molecule has 1 aromatic rings. The Labute approximate surface area is 118 Å². The number of nitrogens with one attached hydrogen (secondary N) is 1. The summed E-state index contributed by atoms with van der Waals surface area (Å²) in [5.41, 5.74) is -0.150. The van der Waals surface area contributed by atoms with E-state index in [4.69, 9.17) is 4.74 Å². The fourth-order valence-corrected chi connectivity index (χ4v) is 2.61. The zero-order valence-electron chi connectivity index (χ0n) is 10.3. The van der Waals surface area contributed by atoms with E-state index in [-0.39, 0.29) is 6.04 Å². The van der Waals surface area contributed by atoms with Crippen LogP contribution in [0, 0.1) is 0 Å². The van der Waals surface area contributed by atoms with Gasteiger partial charge in [-0.1, -0.05) is 15.9 Å². The molecule has 1 N–H and O–H groups in total. The minimum absolute atomic E-state index is 0.165. The van der Waals surface area contributed by atoms with Crippen LogP contribution in [0.2, 0.25) is 0 Å². The molecule has 1 saturated heterocycles. The van der Waals surface area contributed by atoms with E-state index in [1.54, 1.807) is 6.07 Å². The first-order chi connectivity index (χ1) is 8.95. The Balaban J connectivity index is 2.13. The topological polar surface area (TPSA) is 21.3 Å². The van der Waals surface area contributed by atoms with Gasteiger partial charge in [0.2, 0.25) is 0 Å². The van der Waals surface area contributed by atoms with E-state index < -0.39 is 11.7 Å². The van der Waals surface area contributed by atoms with Gasteiger partial charge in [-0.15, -0.1) is 0 Å². The standard InChI is InChI=1S/C13H15BrF3NO/c14-10-6-9(13(15,16)17)7-12(8-10)18-11-2-1-4-19-5-3-11/h6-8,11,18H,1-5H2. The summed E-state index contributed by atoms with van der Waals surface area (Å²) in [5, 5.41) is 3.16. The third-order valence-corrected chi connectivity index (χ3v) is 3.51. The van der Waals surface area contributed by atoms with Gasteiger partial charge >= 0.3 is 6.18 Å². The molecule has 0 radical (unpaired) electrons. The highest BCUT2D eigenvalue weighted by atomic mass is 79.9. The fourth-order valence-electron chi connectivity index (χ4n) is 2.12. The van der Waals surface area contributed by atoms with Crippen molar-refractivity contribution in [1.29, 1.82) is 0 Å². The molecule has 0 amide bonds. The van der Waals surface area contributed by atoms with Crippen LogP contribution < -0.4 is 5.32 Å². The van der Waals surface area contributed by atoms with Crippen LogP contribution in [-0.4, -0.2) is 19.3 Å². The lowest BCUT2D eigenvalue weighted by atomic mass is 10.1. The van der Waals surface area contributed by atoms with Crippen LogP contribution in [0.1, 0.15) is 24.8 Å². The smallest absolute Gasteiger partial charge is 0.382 e. The third-order valence-electron chi connectivity index (χ3n) is 3.05. The molecular formula is C13H15BrF3NO. The van der Waals surface area contributed by atoms with Gasteiger partial charge in [-0.3, -0.25) is 0 Å². The van der Waals surface area contributed by atoms with Gasteiger partial charge in [-0.05, 0) is 37.5 Å². The molecule has 0 saturated carbocycles. The Morgan fingerprint density at radius 2 is 1.95 bits per heavy atom. The third kappa shape index (κ3) is 4.38. The molecule has 1 aromatic carbocycles. The van der Waals surface area contributed by atoms with Crippen LogP contribution >= 0.6 is 15.9 Å². The molecule has 1 aliphatic rings. The Hall–Kier alpha value is -0.750. The summed E-state index contributed by atoms with van der Waals surface area (Å²) in [5.74, 6) is 0. The molecule has 1 heterocycles. The van der Waals surface area contributed by atoms with Crippen molar-refractivity contribution in [3.05, 3.63) is 28.2 Å². The van der Waals surface area contributed by atoms with Crippen molar-refractivity contribution in [3.8, 4) is 0 Å². The molecule has 0 aromatic heterocycles. The first-order valence-corrected chi connectivity index (χ1v) is 6.96. The van der Waals surface area contributed by atoms with E-state index >= 15 is 0 Å². The van der Waals surface area contributed by atoms with E-state index in [1.165, 1.54) is 0 Å². The number of halogens is 4. The predicted molar refractivity (Wildman–Crippen MR) is 71.2 cm³/mol. The second-order valence-corrected chi connectivity index (χ2v) is 5.53. The summed E-state index contributed by atoms with van der Waals surface area (Å²) in [6.45, 7) is 1.38. The Morgan fingerprint density at radius 1 is 1.16 bits per heavy atom. The molecule has 0 bridgehead atoms. The lowest BCUT2D eigenvalue weighted by Gasteiger charge is -2.18. The van der Waals surface area contributed by atoms with Crippen LogP contribution in [0.25, 0.3) is 0 Å². The summed E-state index contributed by atoms with van der Waals surface area (Å²) in [6, 6.07) is 4.07. The highest BCUT2D eigenvalue weighted by molar-refractivity contribution is 9.10. The second-order valence-electron chi connectivity index (χ2n) is 4.61. The molecule has 1 fully saturated rings. The average molecular weight is 338 g/mol. The van der Waals surface area contributed by atoms with E-state index in [0.29, 0.717) is 16.8 Å². The number of anilines is 1. The van der Waals surface area contributed by atoms with Crippen molar-refractivity contribution in [1.82, 2.24) is 0 Å². The summed E-state index contributed by atoms with van der Waals surface area (Å²) >= 11 is 3.12. The van der Waals surface area contributed by atoms with Gasteiger partial charge in [-0.25, -0.2) is 0 Å². The maximum atomic E-state index is 12.7. The first kappa shape index (κ1) is 14.7. The number of alkyl halides is 3. The molecule has 2 rings (SSSR count). The molecule has 1 atom stereocenters. The van der Waals surface area contributed by atoms with E-state index in [9.17, 15) is 13.2 Å². The Morgan fingerprint density at radius 3 is 2.68 bits per heavy atom. The molecule has 6 heteroatoms. The number of benzene rings is 1. The highest BCUT2D eigenvalue weighted by Crippen LogP contribution is 2.33. The van der Waals surface area contributed by atoms with Crippen molar-refractivity contribution >= 4 is 21.6 Å². The van der Waals surface area contributed by atoms with Gasteiger partial charge in [0.1, 0.15) is 0 Å². The normalized spacial score (nSPS) is 20.9. The van der Waals surface area contributed by atoms with Crippen LogP contribution in [0.15, 0.2) is 22.7 Å². The molecule has 1 aliphatic heterocycles. The highest BCUT2D eigenvalue weighted by Gasteiger charge is 2.31. The van der Waals surface area contributed by atoms with E-state index in [0.717, 1.165) is 38.0 Å². The van der Waals surface area contributed by atoms with Gasteiger partial charge < -0.3 is 10.1 Å². The largest absolute Gasteiger partial charge is 0.416 e. The van der Waals surface area contributed by atoms with Crippen molar-refractivity contribution in [2.45, 2.75) is 31.5 Å². The summed E-state index contributed by atoms with van der Waals surface area (Å²) < 4.78 is 43.9. The lowest BCUT2D eigenvalue weighted by Crippen LogP contribution is -2.20. The van der Waals surface area contributed by atoms with Gasteiger partial charge in [0.25, 0.3) is 0 Å². The number of hydrogen-bond acceptors (Lipinski definition) is 2. The Bertz CT molecular complexity index is 428. The van der Waals surface area contributed by atoms with Crippen LogP contribution in [0.5, 0.6) is 0 Å². The van der Waals surface area contributed by atoms with Gasteiger partial charge in [0.15, 0.2) is 0 Å². The first-order valence-electron chi connectivity index (χ1n) is 6.17. The zero-order valence-corrected chi connectivity index (χ0v) is 11.9. The Kier molecular flexibility index (Phi) is 4.73. The summed E-state index contributed by atoms with van der Waals surface area (Å²) in [7, 11) is 0. The minimum atomic E-state index is -4.33. The molecule has 0 spiro atoms. The van der Waals surface area contributed by atoms with Crippen molar-refractivity contribution in [2.24, 2.45) is 0 Å². The lowest BCUT2D eigenvalue weighted by molar-refractivity contribution is -0.137. The fraction of sp³-hybridized carbons (Fsp3) is 0.538. The zero-order chi connectivity index (χ0) is 13.9. The van der Waals surface area contributed by atoms with Crippen molar-refractivity contribution in [3.63, 3.8) is 0 Å². The molecule has 1 unspecified atom stereocenters. The minimum Gasteiger partial charge on any atom is -0.382 e. The number of hydrogen-bond donors (Lipinski definition) is 1. The number of ether oxygens (including phenoxy) is 1. The van der Waals surface area contributed by atoms with Gasteiger partial charge in [-0.2, -0.15) is 13.2 Å². The SMILES string of the molecule is FC(F)(F)c1cc(Br)cc(NC2CCCOCC2)c1. The summed E-state index contributed by atoms with van der Waals surface area (Å²) in [4.78, 5) is 0. The second kappa shape index (κ2) is 6.13. The van der Waals surface area contributed by atoms with Crippen LogP contribution in [0.4, 0.5) is 18.9 Å². The molecule has 106 valence electrons. The predicted octanol–water partition coefficient (Wildman–Crippen LogP) is 4.45. The van der Waals surface area contributed by atoms with Gasteiger partial charge in [0, 0.05) is 29.4 Å². The van der Waals surface area contributed by atoms with Crippen LogP contribution in [0.3, 0.4) is 0 Å². The van der Waals surface area contributed by atoms with Crippen LogP contribution in [-0.2, 0) is 10.9 Å². The molecular weight excluding hydrogens is 323 g/mol. The monoisotopic (exact) mass is 337 g/mol.